The summed E-state index contributed by atoms with van der Waals surface area (Å²) >= 11 is 0. The molecule has 0 bridgehead atoms. The fraction of sp³-hybridized carbons (Fsp3) is 0.382. The summed E-state index contributed by atoms with van der Waals surface area (Å²) in [5.41, 5.74) is 3.34. The van der Waals surface area contributed by atoms with Gasteiger partial charge in [0.15, 0.2) is 5.60 Å². The van der Waals surface area contributed by atoms with Crippen LogP contribution in [0.2, 0.25) is 0 Å². The van der Waals surface area contributed by atoms with E-state index < -0.39 is 41.0 Å². The molecule has 0 radical (unpaired) electrons. The number of fused-ring (bicyclic) bond motifs is 1. The van der Waals surface area contributed by atoms with Crippen LogP contribution in [0.4, 0.5) is 4.79 Å². The van der Waals surface area contributed by atoms with Crippen molar-refractivity contribution in [1.82, 2.24) is 20.8 Å². The number of aliphatic hydroxyl groups is 1. The molecule has 0 saturated carbocycles. The van der Waals surface area contributed by atoms with E-state index in [1.165, 1.54) is 12.1 Å². The Hall–Kier alpha value is -4.25. The number of aryl methyl sites for hydroxylation is 1. The van der Waals surface area contributed by atoms with Crippen LogP contribution in [-0.4, -0.2) is 63.6 Å². The van der Waals surface area contributed by atoms with E-state index in [4.69, 9.17) is 4.74 Å². The first-order chi connectivity index (χ1) is 20.9. The van der Waals surface area contributed by atoms with Crippen LogP contribution in [-0.2, 0) is 33.7 Å². The molecule has 0 heterocycles. The summed E-state index contributed by atoms with van der Waals surface area (Å²) in [5, 5.41) is 28.2. The molecule has 3 aromatic rings. The summed E-state index contributed by atoms with van der Waals surface area (Å²) < 4.78 is 4.74. The van der Waals surface area contributed by atoms with Gasteiger partial charge in [-0.1, -0.05) is 106 Å². The average molecular weight is 603 g/mol. The molecule has 3 atom stereocenters. The monoisotopic (exact) mass is 602 g/mol. The average Bonchev–Trinajstić information content (AvgIpc) is 3.43. The van der Waals surface area contributed by atoms with Gasteiger partial charge in [0.2, 0.25) is 0 Å². The van der Waals surface area contributed by atoms with Gasteiger partial charge in [-0.05, 0) is 40.5 Å². The fourth-order valence-corrected chi connectivity index (χ4v) is 5.60. The molecule has 0 fully saturated rings. The number of ether oxygens (including phenoxy) is 1. The second-order valence-electron chi connectivity index (χ2n) is 12.3. The lowest BCUT2D eigenvalue weighted by molar-refractivity contribution is -0.199. The van der Waals surface area contributed by atoms with Gasteiger partial charge in [-0.3, -0.25) is 20.2 Å². The van der Waals surface area contributed by atoms with Gasteiger partial charge in [-0.25, -0.2) is 14.9 Å². The molecule has 44 heavy (non-hydrogen) atoms. The first-order valence-electron chi connectivity index (χ1n) is 14.7. The molecule has 0 spiro atoms. The minimum absolute atomic E-state index is 0.123. The summed E-state index contributed by atoms with van der Waals surface area (Å²) in [6.07, 6.45) is 0.320. The van der Waals surface area contributed by atoms with Crippen LogP contribution in [0.3, 0.4) is 0 Å². The number of carbonyl (C=O) groups excluding carboxylic acids is 3. The minimum Gasteiger partial charge on any atom is -0.453 e. The Kier molecular flexibility index (Phi) is 10.4. The van der Waals surface area contributed by atoms with Crippen LogP contribution in [0.1, 0.15) is 55.5 Å². The topological polar surface area (TPSA) is 131 Å². The number of carbonyl (C=O) groups is 3. The van der Waals surface area contributed by atoms with Crippen molar-refractivity contribution in [3.05, 3.63) is 107 Å². The summed E-state index contributed by atoms with van der Waals surface area (Å²) in [5.74, 6) is -1.44. The largest absolute Gasteiger partial charge is 0.453 e. The molecule has 10 nitrogen and oxygen atoms in total. The molecular weight excluding hydrogens is 560 g/mol. The lowest BCUT2D eigenvalue weighted by atomic mass is 9.86. The zero-order valence-electron chi connectivity index (χ0n) is 25.7. The summed E-state index contributed by atoms with van der Waals surface area (Å²) in [7, 11) is 1.22. The van der Waals surface area contributed by atoms with Gasteiger partial charge >= 0.3 is 6.09 Å². The smallest absolute Gasteiger partial charge is 0.407 e. The van der Waals surface area contributed by atoms with Crippen LogP contribution in [0, 0.1) is 5.41 Å². The quantitative estimate of drug-likeness (QED) is 0.191. The van der Waals surface area contributed by atoms with Gasteiger partial charge in [0.05, 0.1) is 19.7 Å². The number of amides is 3. The van der Waals surface area contributed by atoms with Crippen LogP contribution < -0.4 is 10.7 Å². The number of hydrogen-bond donors (Lipinski definition) is 4. The van der Waals surface area contributed by atoms with E-state index in [1.807, 2.05) is 60.7 Å². The van der Waals surface area contributed by atoms with Gasteiger partial charge < -0.3 is 15.2 Å². The van der Waals surface area contributed by atoms with E-state index in [1.54, 1.807) is 45.0 Å². The van der Waals surface area contributed by atoms with Crippen molar-refractivity contribution in [1.29, 1.82) is 0 Å². The second kappa shape index (κ2) is 14.0. The first kappa shape index (κ1) is 32.7. The molecule has 4 N–H and O–H groups in total. The van der Waals surface area contributed by atoms with Crippen LogP contribution in [0.5, 0.6) is 0 Å². The molecule has 234 valence electrons. The van der Waals surface area contributed by atoms with E-state index in [-0.39, 0.29) is 19.5 Å². The minimum atomic E-state index is -2.15. The van der Waals surface area contributed by atoms with Crippen molar-refractivity contribution in [2.24, 2.45) is 5.41 Å². The molecule has 10 heteroatoms. The molecule has 3 aromatic carbocycles. The Balaban J connectivity index is 1.68. The maximum Gasteiger partial charge on any atom is 0.407 e. The zero-order chi connectivity index (χ0) is 31.9. The lowest BCUT2D eigenvalue weighted by Gasteiger charge is -2.38. The Morgan fingerprint density at radius 3 is 2.14 bits per heavy atom. The maximum atomic E-state index is 14.1. The predicted octanol–water partition coefficient (Wildman–Crippen LogP) is 4.17. The third-order valence-electron chi connectivity index (χ3n) is 7.85. The van der Waals surface area contributed by atoms with Crippen molar-refractivity contribution in [2.75, 3.05) is 13.7 Å². The van der Waals surface area contributed by atoms with E-state index in [2.05, 4.69) is 10.7 Å². The number of nitrogens with one attached hydrogen (secondary N) is 2. The number of hydrazine groups is 1. The Morgan fingerprint density at radius 2 is 1.52 bits per heavy atom. The molecule has 1 unspecified atom stereocenters. The number of benzene rings is 3. The molecule has 1 aliphatic carbocycles. The van der Waals surface area contributed by atoms with Crippen molar-refractivity contribution in [3.8, 4) is 0 Å². The molecule has 3 amide bonds. The number of hydroxylamine groups is 2. The zero-order valence-corrected chi connectivity index (χ0v) is 25.7. The number of methoxy groups -OCH3 is 1. The Labute approximate surface area is 258 Å². The number of alkyl carbamates (subject to hydrolysis) is 1. The lowest BCUT2D eigenvalue weighted by Crippen LogP contribution is -2.62. The van der Waals surface area contributed by atoms with Crippen LogP contribution in [0.15, 0.2) is 84.9 Å². The summed E-state index contributed by atoms with van der Waals surface area (Å²) in [6, 6.07) is 24.3. The first-order valence-corrected chi connectivity index (χ1v) is 14.7. The Morgan fingerprint density at radius 1 is 0.932 bits per heavy atom. The third-order valence-corrected chi connectivity index (χ3v) is 7.85. The Bertz CT molecular complexity index is 1430. The highest BCUT2D eigenvalue weighted by Crippen LogP contribution is 2.36. The highest BCUT2D eigenvalue weighted by molar-refractivity contribution is 5.87. The molecule has 0 aliphatic heterocycles. The van der Waals surface area contributed by atoms with Crippen molar-refractivity contribution in [3.63, 3.8) is 0 Å². The van der Waals surface area contributed by atoms with Gasteiger partial charge in [-0.2, -0.15) is 0 Å². The van der Waals surface area contributed by atoms with Gasteiger partial charge in [0.1, 0.15) is 6.04 Å². The van der Waals surface area contributed by atoms with Crippen LogP contribution in [0.25, 0.3) is 0 Å². The molecular formula is C34H42N4O6. The highest BCUT2D eigenvalue weighted by atomic mass is 16.5. The van der Waals surface area contributed by atoms with E-state index in [0.717, 1.165) is 16.7 Å². The second-order valence-corrected chi connectivity index (χ2v) is 12.3. The normalized spacial score (nSPS) is 16.4. The number of rotatable bonds is 11. The molecule has 1 aliphatic rings. The van der Waals surface area contributed by atoms with Gasteiger partial charge in [0, 0.05) is 13.0 Å². The van der Waals surface area contributed by atoms with E-state index in [0.29, 0.717) is 23.5 Å². The SMILES string of the molecule is COC(=O)N[C@H](C(=O)NN(Cc1ccccc1)C[C@@](O)(Cc1ccccc1)C(=O)N(O)C1CCc2ccccc21)C(C)(C)C. The highest BCUT2D eigenvalue weighted by Gasteiger charge is 2.45. The van der Waals surface area contributed by atoms with Gasteiger partial charge in [0.25, 0.3) is 11.8 Å². The molecule has 4 rings (SSSR count). The summed E-state index contributed by atoms with van der Waals surface area (Å²) in [4.78, 5) is 39.9. The van der Waals surface area contributed by atoms with Crippen molar-refractivity contribution in [2.45, 2.75) is 64.3 Å². The van der Waals surface area contributed by atoms with Crippen molar-refractivity contribution >= 4 is 17.9 Å². The van der Waals surface area contributed by atoms with Crippen LogP contribution >= 0.6 is 0 Å². The van der Waals surface area contributed by atoms with Crippen molar-refractivity contribution < 1.29 is 29.4 Å². The molecule has 0 aromatic heterocycles. The van der Waals surface area contributed by atoms with E-state index >= 15 is 0 Å². The van der Waals surface area contributed by atoms with Gasteiger partial charge in [-0.15, -0.1) is 0 Å². The maximum absolute atomic E-state index is 14.1. The fourth-order valence-electron chi connectivity index (χ4n) is 5.60. The standard InChI is InChI=1S/C34H42N4O6/c1-33(2,3)29(35-32(41)44-4)30(39)36-37(22-25-15-9-6-10-16-25)23-34(42,21-24-13-7-5-8-14-24)31(40)38(43)28-20-19-26-17-11-12-18-27(26)28/h5-18,28-29,42-43H,19-23H2,1-4H3,(H,35,41)(H,36,39)/t28?,29-,34+/m1/s1. The summed E-state index contributed by atoms with van der Waals surface area (Å²) in [6.45, 7) is 5.17. The third kappa shape index (κ3) is 8.02. The number of hydrogen-bond acceptors (Lipinski definition) is 7. The number of nitrogens with zero attached hydrogens (tertiary/aromatic N) is 2. The predicted molar refractivity (Wildman–Crippen MR) is 165 cm³/mol. The molecule has 0 saturated heterocycles. The van der Waals surface area contributed by atoms with E-state index in [9.17, 15) is 24.7 Å².